The number of nitrogens with zero attached hydrogens (tertiary/aromatic N) is 4. The summed E-state index contributed by atoms with van der Waals surface area (Å²) in [7, 11) is 1.78. The number of nitrogens with one attached hydrogen (secondary N) is 1. The molecule has 0 aromatic carbocycles. The summed E-state index contributed by atoms with van der Waals surface area (Å²) in [5.74, 6) is -0.324. The number of ether oxygens (including phenoxy) is 1. The number of carbonyl (C=O) groups excluding carboxylic acids is 2. The molecule has 1 amide bonds. The molecule has 0 unspecified atom stereocenters. The van der Waals surface area contributed by atoms with Crippen molar-refractivity contribution in [3.8, 4) is 0 Å². The van der Waals surface area contributed by atoms with Crippen LogP contribution in [0, 0.1) is 13.8 Å². The predicted octanol–water partition coefficient (Wildman–Crippen LogP) is 1.76. The molecule has 0 saturated heterocycles. The second-order valence-electron chi connectivity index (χ2n) is 5.66. The van der Waals surface area contributed by atoms with Crippen LogP contribution in [0.15, 0.2) is 22.9 Å². The van der Waals surface area contributed by atoms with Crippen LogP contribution >= 0.6 is 0 Å². The molecule has 0 aliphatic carbocycles. The molecule has 3 aromatic heterocycles. The van der Waals surface area contributed by atoms with Crippen LogP contribution in [-0.2, 0) is 16.6 Å². The predicted molar refractivity (Wildman–Crippen MR) is 88.0 cm³/mol. The van der Waals surface area contributed by atoms with Crippen LogP contribution in [0.2, 0.25) is 0 Å². The molecule has 0 fully saturated rings. The van der Waals surface area contributed by atoms with E-state index < -0.39 is 18.0 Å². The van der Waals surface area contributed by atoms with E-state index in [1.54, 1.807) is 30.8 Å². The Balaban J connectivity index is 1.70. The van der Waals surface area contributed by atoms with Gasteiger partial charge in [0.15, 0.2) is 17.6 Å². The quantitative estimate of drug-likeness (QED) is 0.718. The van der Waals surface area contributed by atoms with Gasteiger partial charge in [0, 0.05) is 24.7 Å². The van der Waals surface area contributed by atoms with Crippen molar-refractivity contribution in [1.29, 1.82) is 0 Å². The van der Waals surface area contributed by atoms with Gasteiger partial charge in [-0.1, -0.05) is 5.16 Å². The Bertz CT molecular complexity index is 959. The van der Waals surface area contributed by atoms with Crippen LogP contribution in [0.25, 0.3) is 11.0 Å². The fraction of sp³-hybridized carbons (Fsp3) is 0.312. The lowest BCUT2D eigenvalue weighted by Gasteiger charge is -2.12. The molecule has 1 N–H and O–H groups in total. The van der Waals surface area contributed by atoms with Crippen LogP contribution in [0.4, 0.5) is 5.82 Å². The zero-order valence-electron chi connectivity index (χ0n) is 14.2. The van der Waals surface area contributed by atoms with Crippen molar-refractivity contribution in [2.24, 2.45) is 7.05 Å². The molecular weight excluding hydrogens is 326 g/mol. The van der Waals surface area contributed by atoms with Gasteiger partial charge < -0.3 is 14.6 Å². The number of carbonyl (C=O) groups is 2. The summed E-state index contributed by atoms with van der Waals surface area (Å²) in [6, 6.07) is 3.22. The molecular formula is C16H17N5O4. The highest BCUT2D eigenvalue weighted by molar-refractivity contribution is 5.98. The standard InChI is InChI=1S/C16H17N5O4/c1-8-5-13(20-25-8)18-15(22)10(3)24-16(23)11-6-12-9(2)19-21(4)14(12)17-7-11/h5-7,10H,1-4H3,(H,18,20,22)/t10-/m1/s1. The number of aryl methyl sites for hydroxylation is 3. The first-order valence-corrected chi connectivity index (χ1v) is 7.59. The molecule has 3 heterocycles. The van der Waals surface area contributed by atoms with Crippen molar-refractivity contribution in [2.45, 2.75) is 26.9 Å². The first-order chi connectivity index (χ1) is 11.8. The maximum atomic E-state index is 12.3. The molecule has 130 valence electrons. The minimum Gasteiger partial charge on any atom is -0.449 e. The molecule has 0 bridgehead atoms. The molecule has 0 radical (unpaired) electrons. The van der Waals surface area contributed by atoms with Crippen LogP contribution in [0.1, 0.15) is 28.7 Å². The van der Waals surface area contributed by atoms with E-state index in [1.807, 2.05) is 6.92 Å². The fourth-order valence-electron chi connectivity index (χ4n) is 2.35. The van der Waals surface area contributed by atoms with Gasteiger partial charge in [-0.2, -0.15) is 5.10 Å². The van der Waals surface area contributed by atoms with Gasteiger partial charge in [-0.25, -0.2) is 9.78 Å². The minimum absolute atomic E-state index is 0.250. The monoisotopic (exact) mass is 343 g/mol. The minimum atomic E-state index is -1.00. The third-order valence-corrected chi connectivity index (χ3v) is 3.63. The lowest BCUT2D eigenvalue weighted by molar-refractivity contribution is -0.123. The normalized spacial score (nSPS) is 12.2. The number of hydrogen-bond donors (Lipinski definition) is 1. The van der Waals surface area contributed by atoms with Gasteiger partial charge in [0.1, 0.15) is 5.76 Å². The van der Waals surface area contributed by atoms with Gasteiger partial charge in [0.05, 0.1) is 11.3 Å². The van der Waals surface area contributed by atoms with Crippen molar-refractivity contribution >= 4 is 28.7 Å². The first-order valence-electron chi connectivity index (χ1n) is 7.59. The average molecular weight is 343 g/mol. The summed E-state index contributed by atoms with van der Waals surface area (Å²) in [5, 5.41) is 11.2. The smallest absolute Gasteiger partial charge is 0.340 e. The Morgan fingerprint density at radius 3 is 2.76 bits per heavy atom. The Morgan fingerprint density at radius 2 is 2.08 bits per heavy atom. The number of hydrogen-bond acceptors (Lipinski definition) is 7. The number of fused-ring (bicyclic) bond motifs is 1. The Labute approximate surface area is 143 Å². The largest absolute Gasteiger partial charge is 0.449 e. The highest BCUT2D eigenvalue weighted by Crippen LogP contribution is 2.17. The maximum Gasteiger partial charge on any atom is 0.340 e. The highest BCUT2D eigenvalue weighted by Gasteiger charge is 2.21. The van der Waals surface area contributed by atoms with E-state index >= 15 is 0 Å². The van der Waals surface area contributed by atoms with E-state index in [1.165, 1.54) is 13.1 Å². The molecule has 0 aliphatic heterocycles. The van der Waals surface area contributed by atoms with Gasteiger partial charge in [0.25, 0.3) is 5.91 Å². The summed E-state index contributed by atoms with van der Waals surface area (Å²) in [4.78, 5) is 28.6. The van der Waals surface area contributed by atoms with Gasteiger partial charge >= 0.3 is 5.97 Å². The van der Waals surface area contributed by atoms with Crippen LogP contribution in [0.3, 0.4) is 0 Å². The van der Waals surface area contributed by atoms with Crippen molar-refractivity contribution in [2.75, 3.05) is 5.32 Å². The lowest BCUT2D eigenvalue weighted by Crippen LogP contribution is -2.30. The zero-order valence-corrected chi connectivity index (χ0v) is 14.2. The number of anilines is 1. The van der Waals surface area contributed by atoms with Crippen molar-refractivity contribution in [1.82, 2.24) is 19.9 Å². The van der Waals surface area contributed by atoms with Crippen molar-refractivity contribution in [3.05, 3.63) is 35.3 Å². The Morgan fingerprint density at radius 1 is 1.32 bits per heavy atom. The number of rotatable bonds is 4. The SMILES string of the molecule is Cc1cc(NC(=O)[C@@H](C)OC(=O)c2cnc3c(c2)c(C)nn3C)no1. The van der Waals surface area contributed by atoms with Gasteiger partial charge in [-0.05, 0) is 26.8 Å². The summed E-state index contributed by atoms with van der Waals surface area (Å²) < 4.78 is 11.7. The molecule has 0 aliphatic rings. The fourth-order valence-corrected chi connectivity index (χ4v) is 2.35. The molecule has 0 spiro atoms. The summed E-state index contributed by atoms with van der Waals surface area (Å²) >= 11 is 0. The molecule has 3 rings (SSSR count). The number of aromatic nitrogens is 4. The highest BCUT2D eigenvalue weighted by atomic mass is 16.5. The van der Waals surface area contributed by atoms with Gasteiger partial charge in [0.2, 0.25) is 0 Å². The van der Waals surface area contributed by atoms with Crippen LogP contribution in [-0.4, -0.2) is 37.9 Å². The summed E-state index contributed by atoms with van der Waals surface area (Å²) in [6.07, 6.45) is 0.396. The Kier molecular flexibility index (Phi) is 4.22. The Hall–Kier alpha value is -3.23. The van der Waals surface area contributed by atoms with Crippen molar-refractivity contribution < 1.29 is 18.8 Å². The third kappa shape index (κ3) is 3.35. The van der Waals surface area contributed by atoms with Gasteiger partial charge in [-0.15, -0.1) is 0 Å². The first kappa shape index (κ1) is 16.6. The number of pyridine rings is 1. The van der Waals surface area contributed by atoms with E-state index in [9.17, 15) is 9.59 Å². The molecule has 9 heteroatoms. The molecule has 3 aromatic rings. The molecule has 0 saturated carbocycles. The van der Waals surface area contributed by atoms with E-state index in [0.29, 0.717) is 11.4 Å². The summed E-state index contributed by atoms with van der Waals surface area (Å²) in [5.41, 5.74) is 1.67. The molecule has 1 atom stereocenters. The third-order valence-electron chi connectivity index (χ3n) is 3.63. The average Bonchev–Trinajstić information content (AvgIpc) is 3.10. The topological polar surface area (TPSA) is 112 Å². The molecule has 25 heavy (non-hydrogen) atoms. The number of esters is 1. The van der Waals surface area contributed by atoms with E-state index in [-0.39, 0.29) is 11.4 Å². The lowest BCUT2D eigenvalue weighted by atomic mass is 10.2. The van der Waals surface area contributed by atoms with Crippen molar-refractivity contribution in [3.63, 3.8) is 0 Å². The van der Waals surface area contributed by atoms with E-state index in [0.717, 1.165) is 11.1 Å². The van der Waals surface area contributed by atoms with E-state index in [2.05, 4.69) is 20.6 Å². The zero-order chi connectivity index (χ0) is 18.1. The van der Waals surface area contributed by atoms with Crippen LogP contribution in [0.5, 0.6) is 0 Å². The van der Waals surface area contributed by atoms with Gasteiger partial charge in [-0.3, -0.25) is 9.48 Å². The molecule has 9 nitrogen and oxygen atoms in total. The number of amides is 1. The van der Waals surface area contributed by atoms with Crippen LogP contribution < -0.4 is 5.32 Å². The second kappa shape index (κ2) is 6.34. The summed E-state index contributed by atoms with van der Waals surface area (Å²) in [6.45, 7) is 5.01. The second-order valence-corrected chi connectivity index (χ2v) is 5.66. The van der Waals surface area contributed by atoms with E-state index in [4.69, 9.17) is 9.26 Å². The maximum absolute atomic E-state index is 12.3.